The van der Waals surface area contributed by atoms with Gasteiger partial charge in [-0.2, -0.15) is 0 Å². The summed E-state index contributed by atoms with van der Waals surface area (Å²) in [6.07, 6.45) is 23.9. The smallest absolute Gasteiger partial charge is 0.306 e. The van der Waals surface area contributed by atoms with Gasteiger partial charge in [0.1, 0.15) is 55.4 Å². The van der Waals surface area contributed by atoms with Crippen molar-refractivity contribution in [2.75, 3.05) is 26.4 Å². The summed E-state index contributed by atoms with van der Waals surface area (Å²) < 4.78 is 33.5. The lowest BCUT2D eigenvalue weighted by molar-refractivity contribution is -0.332. The van der Waals surface area contributed by atoms with E-state index in [-0.39, 0.29) is 19.4 Å². The summed E-state index contributed by atoms with van der Waals surface area (Å²) in [4.78, 5) is 25.7. The van der Waals surface area contributed by atoms with Gasteiger partial charge in [-0.05, 0) is 57.8 Å². The third-order valence-electron chi connectivity index (χ3n) is 11.3. The lowest BCUT2D eigenvalue weighted by atomic mass is 9.98. The molecule has 2 rings (SSSR count). The summed E-state index contributed by atoms with van der Waals surface area (Å²) in [6.45, 7) is 2.38. The summed E-state index contributed by atoms with van der Waals surface area (Å²) in [7, 11) is 0. The van der Waals surface area contributed by atoms with Crippen molar-refractivity contribution >= 4 is 11.9 Å². The first-order valence-corrected chi connectivity index (χ1v) is 24.4. The predicted molar refractivity (Wildman–Crippen MR) is 247 cm³/mol. The highest BCUT2D eigenvalue weighted by Crippen LogP contribution is 2.26. The largest absolute Gasteiger partial charge is 0.462 e. The first-order chi connectivity index (χ1) is 31.5. The highest BCUT2D eigenvalue weighted by molar-refractivity contribution is 5.70. The minimum Gasteiger partial charge on any atom is -0.462 e. The van der Waals surface area contributed by atoms with E-state index in [1.807, 2.05) is 36.5 Å². The molecule has 0 aliphatic carbocycles. The Morgan fingerprint density at radius 1 is 0.508 bits per heavy atom. The molecule has 4 unspecified atom stereocenters. The number of unbranched alkanes of at least 4 members (excludes halogenated alkanes) is 15. The number of ether oxygens (including phenoxy) is 6. The van der Waals surface area contributed by atoms with Crippen LogP contribution in [0.4, 0.5) is 0 Å². The van der Waals surface area contributed by atoms with E-state index in [9.17, 15) is 45.3 Å². The van der Waals surface area contributed by atoms with Gasteiger partial charge in [0, 0.05) is 12.8 Å². The zero-order chi connectivity index (χ0) is 47.5. The molecule has 2 saturated heterocycles. The minimum absolute atomic E-state index is 0.135. The van der Waals surface area contributed by atoms with Crippen LogP contribution in [-0.4, -0.2) is 142 Å². The molecule has 0 amide bonds. The average Bonchev–Trinajstić information content (AvgIpc) is 3.30. The van der Waals surface area contributed by atoms with E-state index in [4.69, 9.17) is 28.4 Å². The predicted octanol–water partition coefficient (Wildman–Crippen LogP) is 6.10. The molecule has 11 atom stereocenters. The van der Waals surface area contributed by atoms with E-state index in [0.717, 1.165) is 77.0 Å². The molecule has 15 nitrogen and oxygen atoms in total. The Morgan fingerprint density at radius 2 is 0.985 bits per heavy atom. The molecular formula is C50H84O15. The van der Waals surface area contributed by atoms with Gasteiger partial charge in [-0.3, -0.25) is 9.59 Å². The molecule has 2 fully saturated rings. The summed E-state index contributed by atoms with van der Waals surface area (Å²) in [5, 5.41) is 72.0. The van der Waals surface area contributed by atoms with Crippen molar-refractivity contribution in [3.8, 4) is 0 Å². The molecular weight excluding hydrogens is 841 g/mol. The van der Waals surface area contributed by atoms with Gasteiger partial charge >= 0.3 is 11.9 Å². The fourth-order valence-corrected chi connectivity index (χ4v) is 7.28. The molecule has 2 aliphatic rings. The lowest BCUT2D eigenvalue weighted by Crippen LogP contribution is -2.61. The second-order valence-corrected chi connectivity index (χ2v) is 17.0. The normalized spacial score (nSPS) is 26.9. The molecule has 2 aliphatic heterocycles. The van der Waals surface area contributed by atoms with E-state index in [1.54, 1.807) is 0 Å². The van der Waals surface area contributed by atoms with Gasteiger partial charge in [-0.15, -0.1) is 0 Å². The quantitative estimate of drug-likeness (QED) is 0.0163. The fourth-order valence-electron chi connectivity index (χ4n) is 7.28. The van der Waals surface area contributed by atoms with Crippen molar-refractivity contribution in [1.82, 2.24) is 0 Å². The van der Waals surface area contributed by atoms with E-state index >= 15 is 0 Å². The van der Waals surface area contributed by atoms with Crippen LogP contribution in [0.1, 0.15) is 149 Å². The fraction of sp³-hybridized carbons (Fsp3) is 0.760. The van der Waals surface area contributed by atoms with E-state index in [1.165, 1.54) is 32.1 Å². The topological polar surface area (TPSA) is 231 Å². The van der Waals surface area contributed by atoms with Crippen molar-refractivity contribution in [2.45, 2.75) is 216 Å². The Kier molecular flexibility index (Phi) is 33.4. The van der Waals surface area contributed by atoms with E-state index < -0.39 is 99.3 Å². The zero-order valence-electron chi connectivity index (χ0n) is 39.2. The number of esters is 2. The number of carbonyl (C=O) groups is 2. The molecule has 0 saturated carbocycles. The zero-order valence-corrected chi connectivity index (χ0v) is 39.2. The molecule has 0 aromatic heterocycles. The number of hydrogen-bond acceptors (Lipinski definition) is 15. The first kappa shape index (κ1) is 58.3. The van der Waals surface area contributed by atoms with Crippen molar-refractivity contribution < 1.29 is 73.8 Å². The number of rotatable bonds is 36. The first-order valence-electron chi connectivity index (χ1n) is 24.4. The number of hydrogen-bond donors (Lipinski definition) is 7. The second kappa shape index (κ2) is 37.2. The van der Waals surface area contributed by atoms with Crippen LogP contribution in [0.5, 0.6) is 0 Å². The van der Waals surface area contributed by atoms with Crippen LogP contribution in [0.3, 0.4) is 0 Å². The number of allylic oxidation sites excluding steroid dienone is 10. The molecule has 0 spiro atoms. The van der Waals surface area contributed by atoms with Gasteiger partial charge in [0.05, 0.1) is 19.8 Å². The highest BCUT2D eigenvalue weighted by atomic mass is 16.7. The summed E-state index contributed by atoms with van der Waals surface area (Å²) in [5.74, 6) is -0.967. The van der Waals surface area contributed by atoms with Crippen molar-refractivity contribution in [1.29, 1.82) is 0 Å². The summed E-state index contributed by atoms with van der Waals surface area (Å²) >= 11 is 0. The van der Waals surface area contributed by atoms with Crippen molar-refractivity contribution in [3.05, 3.63) is 60.8 Å². The molecule has 374 valence electrons. The third-order valence-corrected chi connectivity index (χ3v) is 11.3. The van der Waals surface area contributed by atoms with Gasteiger partial charge in [0.25, 0.3) is 0 Å². The second-order valence-electron chi connectivity index (χ2n) is 17.0. The highest BCUT2D eigenvalue weighted by Gasteiger charge is 2.47. The molecule has 0 aromatic rings. The van der Waals surface area contributed by atoms with Crippen LogP contribution >= 0.6 is 0 Å². The molecule has 0 aromatic carbocycles. The molecule has 0 bridgehead atoms. The maximum Gasteiger partial charge on any atom is 0.306 e. The van der Waals surface area contributed by atoms with Crippen molar-refractivity contribution in [3.63, 3.8) is 0 Å². The molecule has 2 heterocycles. The van der Waals surface area contributed by atoms with Crippen LogP contribution in [0.2, 0.25) is 0 Å². The van der Waals surface area contributed by atoms with Crippen LogP contribution in [0.25, 0.3) is 0 Å². The number of carbonyl (C=O) groups excluding carboxylic acids is 2. The number of aliphatic hydroxyl groups is 7. The Bertz CT molecular complexity index is 1370. The average molecular weight is 925 g/mol. The van der Waals surface area contributed by atoms with Gasteiger partial charge in [0.2, 0.25) is 0 Å². The SMILES string of the molecule is CC/C=C/C=C/C=C/C=C/CCCCCCCC(=O)O[C@H](COC(=O)CCCCCCC/C=C/CCCCCCC)CO[C@@H]1O[C@H](CO[C@@H]2O[C@H](CO)[C@H](O)C(O)C2O)[C@H](O)C(O)C1O. The lowest BCUT2D eigenvalue weighted by Gasteiger charge is -2.42. The Balaban J connectivity index is 1.85. The van der Waals surface area contributed by atoms with Crippen molar-refractivity contribution in [2.24, 2.45) is 0 Å². The number of aliphatic hydroxyl groups excluding tert-OH is 7. The maximum absolute atomic E-state index is 13.0. The van der Waals surface area contributed by atoms with Gasteiger partial charge in [-0.25, -0.2) is 0 Å². The van der Waals surface area contributed by atoms with Gasteiger partial charge in [0.15, 0.2) is 18.7 Å². The minimum atomic E-state index is -1.77. The maximum atomic E-state index is 13.0. The Hall–Kier alpha value is -2.80. The molecule has 0 radical (unpaired) electrons. The molecule has 7 N–H and O–H groups in total. The summed E-state index contributed by atoms with van der Waals surface area (Å²) in [5.41, 5.74) is 0. The summed E-state index contributed by atoms with van der Waals surface area (Å²) in [6, 6.07) is 0. The van der Waals surface area contributed by atoms with Crippen LogP contribution in [0, 0.1) is 0 Å². The Labute approximate surface area is 388 Å². The van der Waals surface area contributed by atoms with Crippen LogP contribution < -0.4 is 0 Å². The van der Waals surface area contributed by atoms with Crippen LogP contribution in [-0.2, 0) is 38.0 Å². The molecule has 65 heavy (non-hydrogen) atoms. The van der Waals surface area contributed by atoms with Gasteiger partial charge < -0.3 is 64.2 Å². The van der Waals surface area contributed by atoms with E-state index in [2.05, 4.69) is 38.2 Å². The van der Waals surface area contributed by atoms with Crippen LogP contribution in [0.15, 0.2) is 60.8 Å². The van der Waals surface area contributed by atoms with E-state index in [0.29, 0.717) is 12.8 Å². The van der Waals surface area contributed by atoms with Gasteiger partial charge in [-0.1, -0.05) is 139 Å². The Morgan fingerprint density at radius 3 is 1.57 bits per heavy atom. The third kappa shape index (κ3) is 25.8. The monoisotopic (exact) mass is 925 g/mol. The standard InChI is InChI=1S/C50H84O15/c1-3-5-7-9-11-13-15-17-19-21-23-25-27-29-31-33-42(53)63-38(35-60-41(52)32-30-28-26-24-22-20-18-16-14-12-10-8-6-4-2)36-61-49-48(59)46(57)44(55)40(65-49)37-62-50-47(58)45(56)43(54)39(34-51)64-50/h5,7,9,11,13,15-19,38-40,43-51,54-59H,3-4,6,8,10,12,14,20-37H2,1-2H3/b7-5+,11-9+,15-13+,18-16+,19-17+/t38-,39-,40-,43+,44+,45?,46?,47?,48?,49-,50-/m1/s1. The molecule has 15 heteroatoms.